The Morgan fingerprint density at radius 2 is 2.00 bits per heavy atom. The quantitative estimate of drug-likeness (QED) is 0.914. The molecule has 1 amide bonds. The molecular formula is C20H23N3O3. The fourth-order valence-corrected chi connectivity index (χ4v) is 4.14. The van der Waals surface area contributed by atoms with Crippen molar-refractivity contribution in [3.8, 4) is 11.5 Å². The van der Waals surface area contributed by atoms with Gasteiger partial charge in [-0.05, 0) is 50.2 Å². The van der Waals surface area contributed by atoms with Crippen LogP contribution in [0.25, 0.3) is 0 Å². The van der Waals surface area contributed by atoms with E-state index >= 15 is 0 Å². The van der Waals surface area contributed by atoms with Gasteiger partial charge in [-0.1, -0.05) is 0 Å². The van der Waals surface area contributed by atoms with Crippen molar-refractivity contribution in [3.05, 3.63) is 53.3 Å². The molecule has 1 spiro atoms. The molecule has 6 heteroatoms. The second-order valence-corrected chi connectivity index (χ2v) is 6.75. The molecule has 2 aliphatic rings. The fourth-order valence-electron chi connectivity index (χ4n) is 4.14. The summed E-state index contributed by atoms with van der Waals surface area (Å²) in [6.45, 7) is 2.24. The first-order valence-electron chi connectivity index (χ1n) is 8.89. The Kier molecular flexibility index (Phi) is 4.28. The molecule has 2 aliphatic heterocycles. The lowest BCUT2D eigenvalue weighted by atomic mass is 9.84. The molecule has 26 heavy (non-hydrogen) atoms. The number of piperidine rings is 1. The van der Waals surface area contributed by atoms with Crippen molar-refractivity contribution in [1.29, 1.82) is 0 Å². The maximum atomic E-state index is 13.2. The van der Waals surface area contributed by atoms with Crippen molar-refractivity contribution in [2.24, 2.45) is 0 Å². The fraction of sp³-hybridized carbons (Fsp3) is 0.400. The number of carbonyl (C=O) groups excluding carboxylic acids is 1. The van der Waals surface area contributed by atoms with Crippen LogP contribution in [0.15, 0.2) is 36.5 Å². The molecule has 4 rings (SSSR count). The zero-order valence-corrected chi connectivity index (χ0v) is 15.1. The van der Waals surface area contributed by atoms with Crippen LogP contribution in [-0.4, -0.2) is 43.1 Å². The van der Waals surface area contributed by atoms with Crippen LogP contribution in [-0.2, 0) is 12.1 Å². The molecular weight excluding hydrogens is 330 g/mol. The number of rotatable bonds is 4. The predicted octanol–water partition coefficient (Wildman–Crippen LogP) is 2.33. The number of ether oxygens (including phenoxy) is 2. The summed E-state index contributed by atoms with van der Waals surface area (Å²) < 4.78 is 10.8. The van der Waals surface area contributed by atoms with Crippen LogP contribution in [0.2, 0.25) is 0 Å². The lowest BCUT2D eigenvalue weighted by Crippen LogP contribution is -2.50. The van der Waals surface area contributed by atoms with E-state index < -0.39 is 0 Å². The van der Waals surface area contributed by atoms with Gasteiger partial charge in [-0.15, -0.1) is 0 Å². The summed E-state index contributed by atoms with van der Waals surface area (Å²) >= 11 is 0. The van der Waals surface area contributed by atoms with E-state index in [-0.39, 0.29) is 11.4 Å². The van der Waals surface area contributed by atoms with Crippen molar-refractivity contribution in [2.75, 3.05) is 27.3 Å². The van der Waals surface area contributed by atoms with Gasteiger partial charge in [0.05, 0.1) is 37.6 Å². The number of hydrogen-bond donors (Lipinski definition) is 1. The van der Waals surface area contributed by atoms with E-state index in [1.165, 1.54) is 0 Å². The monoisotopic (exact) mass is 353 g/mol. The van der Waals surface area contributed by atoms with E-state index in [1.54, 1.807) is 20.4 Å². The maximum Gasteiger partial charge on any atom is 0.256 e. The molecule has 0 saturated carbocycles. The zero-order chi connectivity index (χ0) is 18.1. The standard InChI is InChI=1S/C20H23N3O3/c1-25-15-6-5-14(17(12-15)26-2)13-23-19(24)16-4-3-9-22-18(16)20(23)7-10-21-11-8-20/h3-6,9,12,21H,7-8,10-11,13H2,1-2H3. The molecule has 1 aromatic heterocycles. The van der Waals surface area contributed by atoms with Crippen LogP contribution in [0.4, 0.5) is 0 Å². The second-order valence-electron chi connectivity index (χ2n) is 6.75. The first-order chi connectivity index (χ1) is 12.7. The number of amides is 1. The zero-order valence-electron chi connectivity index (χ0n) is 15.1. The molecule has 0 unspecified atom stereocenters. The lowest BCUT2D eigenvalue weighted by Gasteiger charge is -2.41. The molecule has 0 bridgehead atoms. The van der Waals surface area contributed by atoms with Crippen molar-refractivity contribution >= 4 is 5.91 Å². The van der Waals surface area contributed by atoms with Gasteiger partial charge in [-0.25, -0.2) is 0 Å². The maximum absolute atomic E-state index is 13.2. The van der Waals surface area contributed by atoms with Crippen molar-refractivity contribution in [2.45, 2.75) is 24.9 Å². The first-order valence-corrected chi connectivity index (χ1v) is 8.89. The number of hydrogen-bond acceptors (Lipinski definition) is 5. The molecule has 0 radical (unpaired) electrons. The number of methoxy groups -OCH3 is 2. The molecule has 2 aromatic rings. The van der Waals surface area contributed by atoms with Gasteiger partial charge in [0.25, 0.3) is 5.91 Å². The minimum absolute atomic E-state index is 0.0490. The summed E-state index contributed by atoms with van der Waals surface area (Å²) in [5, 5.41) is 3.40. The normalized spacial score (nSPS) is 18.1. The van der Waals surface area contributed by atoms with Crippen LogP contribution in [0.5, 0.6) is 11.5 Å². The highest BCUT2D eigenvalue weighted by Crippen LogP contribution is 2.45. The van der Waals surface area contributed by atoms with Gasteiger partial charge in [0.2, 0.25) is 0 Å². The highest BCUT2D eigenvalue weighted by Gasteiger charge is 2.51. The summed E-state index contributed by atoms with van der Waals surface area (Å²) in [7, 11) is 3.27. The Balaban J connectivity index is 1.75. The average Bonchev–Trinajstić information content (AvgIpc) is 2.92. The molecule has 0 atom stereocenters. The number of nitrogens with zero attached hydrogens (tertiary/aromatic N) is 2. The third-order valence-electron chi connectivity index (χ3n) is 5.49. The highest BCUT2D eigenvalue weighted by atomic mass is 16.5. The molecule has 1 N–H and O–H groups in total. The van der Waals surface area contributed by atoms with E-state index in [0.29, 0.717) is 6.54 Å². The molecule has 1 aromatic carbocycles. The Hall–Kier alpha value is -2.60. The van der Waals surface area contributed by atoms with E-state index in [1.807, 2.05) is 35.2 Å². The predicted molar refractivity (Wildman–Crippen MR) is 97.4 cm³/mol. The van der Waals surface area contributed by atoms with Gasteiger partial charge < -0.3 is 19.7 Å². The van der Waals surface area contributed by atoms with Gasteiger partial charge >= 0.3 is 0 Å². The summed E-state index contributed by atoms with van der Waals surface area (Å²) in [5.74, 6) is 1.51. The first kappa shape index (κ1) is 16.8. The van der Waals surface area contributed by atoms with Gasteiger partial charge in [-0.3, -0.25) is 9.78 Å². The topological polar surface area (TPSA) is 63.7 Å². The molecule has 3 heterocycles. The molecule has 6 nitrogen and oxygen atoms in total. The number of benzene rings is 1. The molecule has 136 valence electrons. The highest BCUT2D eigenvalue weighted by molar-refractivity contribution is 5.99. The summed E-state index contributed by atoms with van der Waals surface area (Å²) in [5.41, 5.74) is 2.26. The third-order valence-corrected chi connectivity index (χ3v) is 5.49. The summed E-state index contributed by atoms with van der Waals surface area (Å²) in [4.78, 5) is 19.8. The van der Waals surface area contributed by atoms with E-state index in [0.717, 1.165) is 54.3 Å². The number of aromatic nitrogens is 1. The third kappa shape index (κ3) is 2.52. The number of nitrogens with one attached hydrogen (secondary N) is 1. The van der Waals surface area contributed by atoms with Gasteiger partial charge in [0.1, 0.15) is 11.5 Å². The van der Waals surface area contributed by atoms with Crippen molar-refractivity contribution in [1.82, 2.24) is 15.2 Å². The Morgan fingerprint density at radius 3 is 2.73 bits per heavy atom. The van der Waals surface area contributed by atoms with Crippen LogP contribution >= 0.6 is 0 Å². The van der Waals surface area contributed by atoms with Gasteiger partial charge in [-0.2, -0.15) is 0 Å². The minimum Gasteiger partial charge on any atom is -0.497 e. The van der Waals surface area contributed by atoms with Crippen LogP contribution in [0.3, 0.4) is 0 Å². The van der Waals surface area contributed by atoms with Gasteiger partial charge in [0.15, 0.2) is 0 Å². The number of carbonyl (C=O) groups is 1. The molecule has 1 saturated heterocycles. The Morgan fingerprint density at radius 1 is 1.19 bits per heavy atom. The van der Waals surface area contributed by atoms with Crippen LogP contribution in [0.1, 0.15) is 34.5 Å². The van der Waals surface area contributed by atoms with Crippen LogP contribution in [0, 0.1) is 0 Å². The van der Waals surface area contributed by atoms with E-state index in [9.17, 15) is 4.79 Å². The summed E-state index contributed by atoms with van der Waals surface area (Å²) in [6, 6.07) is 9.45. The largest absolute Gasteiger partial charge is 0.497 e. The number of pyridine rings is 1. The smallest absolute Gasteiger partial charge is 0.256 e. The minimum atomic E-state index is -0.343. The lowest BCUT2D eigenvalue weighted by molar-refractivity contribution is 0.0399. The van der Waals surface area contributed by atoms with Gasteiger partial charge in [0, 0.05) is 17.8 Å². The molecule has 1 fully saturated rings. The van der Waals surface area contributed by atoms with Crippen LogP contribution < -0.4 is 14.8 Å². The average molecular weight is 353 g/mol. The van der Waals surface area contributed by atoms with E-state index in [4.69, 9.17) is 9.47 Å². The Labute approximate surface area is 153 Å². The van der Waals surface area contributed by atoms with Crippen molar-refractivity contribution < 1.29 is 14.3 Å². The SMILES string of the molecule is COc1ccc(CN2C(=O)c3cccnc3C23CCNCC3)c(OC)c1. The summed E-state index contributed by atoms with van der Waals surface area (Å²) in [6.07, 6.45) is 3.51. The second kappa shape index (κ2) is 6.61. The molecule has 0 aliphatic carbocycles. The Bertz CT molecular complexity index is 831. The van der Waals surface area contributed by atoms with E-state index in [2.05, 4.69) is 10.3 Å². The number of fused-ring (bicyclic) bond motifs is 2. The van der Waals surface area contributed by atoms with Crippen molar-refractivity contribution in [3.63, 3.8) is 0 Å².